The molecule has 0 spiro atoms. The van der Waals surface area contributed by atoms with Gasteiger partial charge < -0.3 is 10.0 Å². The van der Waals surface area contributed by atoms with E-state index in [1.165, 1.54) is 5.57 Å². The van der Waals surface area contributed by atoms with Gasteiger partial charge in [-0.05, 0) is 48.2 Å². The Kier molecular flexibility index (Phi) is 4.24. The minimum absolute atomic E-state index is 0.266. The van der Waals surface area contributed by atoms with Gasteiger partial charge in [0.2, 0.25) is 0 Å². The monoisotopic (exact) mass is 306 g/mol. The molecular weight excluding hydrogens is 288 g/mol. The summed E-state index contributed by atoms with van der Waals surface area (Å²) in [6.07, 6.45) is 16.5. The Balaban J connectivity index is 1.76. The van der Waals surface area contributed by atoms with Crippen LogP contribution < -0.4 is 0 Å². The fourth-order valence-electron chi connectivity index (χ4n) is 2.77. The Bertz CT molecular complexity index is 739. The quantitative estimate of drug-likeness (QED) is 0.868. The number of benzene rings is 1. The van der Waals surface area contributed by atoms with Crippen molar-refractivity contribution in [1.29, 1.82) is 0 Å². The van der Waals surface area contributed by atoms with Crippen molar-refractivity contribution >= 4 is 17.9 Å². The molecule has 1 heterocycles. The minimum atomic E-state index is -0.928. The van der Waals surface area contributed by atoms with Crippen LogP contribution in [0.5, 0.6) is 0 Å². The fourth-order valence-corrected chi connectivity index (χ4v) is 2.77. The molecule has 1 aliphatic heterocycles. The Morgan fingerprint density at radius 1 is 1.22 bits per heavy atom. The third-order valence-electron chi connectivity index (χ3n) is 4.07. The lowest BCUT2D eigenvalue weighted by atomic mass is 9.85. The zero-order valence-corrected chi connectivity index (χ0v) is 12.8. The van der Waals surface area contributed by atoms with E-state index in [-0.39, 0.29) is 5.56 Å². The summed E-state index contributed by atoms with van der Waals surface area (Å²) in [6, 6.07) is 6.87. The maximum absolute atomic E-state index is 10.8. The van der Waals surface area contributed by atoms with E-state index in [0.29, 0.717) is 12.0 Å². The number of hydrogen-bond donors (Lipinski definition) is 1. The van der Waals surface area contributed by atoms with Gasteiger partial charge in [0.05, 0.1) is 17.3 Å². The smallest absolute Gasteiger partial charge is 0.335 e. The number of aromatic carboxylic acids is 1. The maximum Gasteiger partial charge on any atom is 0.335 e. The molecule has 4 heteroatoms. The van der Waals surface area contributed by atoms with E-state index < -0.39 is 5.97 Å². The van der Waals surface area contributed by atoms with Crippen molar-refractivity contribution in [2.45, 2.75) is 6.04 Å². The molecule has 0 bridgehead atoms. The van der Waals surface area contributed by atoms with E-state index in [4.69, 9.17) is 5.11 Å². The third kappa shape index (κ3) is 3.31. The van der Waals surface area contributed by atoms with Crippen molar-refractivity contribution < 1.29 is 9.90 Å². The Morgan fingerprint density at radius 2 is 1.96 bits per heavy atom. The summed E-state index contributed by atoms with van der Waals surface area (Å²) < 4.78 is 0. The van der Waals surface area contributed by atoms with Crippen LogP contribution in [-0.2, 0) is 0 Å². The van der Waals surface area contributed by atoms with Crippen LogP contribution in [0.4, 0.5) is 5.69 Å². The highest BCUT2D eigenvalue weighted by Crippen LogP contribution is 2.29. The molecule has 1 aliphatic carbocycles. The fraction of sp³-hybridized carbons (Fsp3) is 0.158. The van der Waals surface area contributed by atoms with Gasteiger partial charge in [0.1, 0.15) is 0 Å². The predicted octanol–water partition coefficient (Wildman–Crippen LogP) is 3.58. The van der Waals surface area contributed by atoms with E-state index >= 15 is 0 Å². The van der Waals surface area contributed by atoms with Crippen LogP contribution in [-0.4, -0.2) is 35.3 Å². The number of aliphatic imine (C=N–C) groups is 1. The van der Waals surface area contributed by atoms with Gasteiger partial charge in [-0.3, -0.25) is 4.99 Å². The summed E-state index contributed by atoms with van der Waals surface area (Å²) in [6.45, 7) is 0. The average Bonchev–Trinajstić information content (AvgIpc) is 2.58. The van der Waals surface area contributed by atoms with Crippen molar-refractivity contribution in [3.63, 3.8) is 0 Å². The van der Waals surface area contributed by atoms with Crippen LogP contribution in [0.3, 0.4) is 0 Å². The maximum atomic E-state index is 10.8. The first-order valence-corrected chi connectivity index (χ1v) is 7.48. The molecule has 116 valence electrons. The second-order valence-electron chi connectivity index (χ2n) is 5.56. The van der Waals surface area contributed by atoms with Gasteiger partial charge >= 0.3 is 5.97 Å². The van der Waals surface area contributed by atoms with Crippen LogP contribution in [0, 0.1) is 5.92 Å². The number of nitrogens with zero attached hydrogens (tertiary/aromatic N) is 2. The first kappa shape index (κ1) is 15.0. The Hall–Kier alpha value is -2.88. The molecule has 2 atom stereocenters. The molecule has 23 heavy (non-hydrogen) atoms. The number of hydrogen-bond acceptors (Lipinski definition) is 3. The summed E-state index contributed by atoms with van der Waals surface area (Å²) in [5.74, 6) is -0.599. The SMILES string of the molecule is CN1C=C/C(=C\C=Nc2ccc(C(=O)O)cc2)C2C=CC=CC21. The third-order valence-corrected chi connectivity index (χ3v) is 4.07. The topological polar surface area (TPSA) is 52.9 Å². The number of fused-ring (bicyclic) bond motifs is 1. The molecule has 1 aromatic rings. The second-order valence-corrected chi connectivity index (χ2v) is 5.56. The molecule has 3 rings (SSSR count). The summed E-state index contributed by atoms with van der Waals surface area (Å²) >= 11 is 0. The molecule has 0 amide bonds. The molecule has 0 saturated heterocycles. The van der Waals surface area contributed by atoms with Crippen molar-refractivity contribution in [3.05, 3.63) is 78.1 Å². The Morgan fingerprint density at radius 3 is 2.70 bits per heavy atom. The van der Waals surface area contributed by atoms with Gasteiger partial charge in [-0.25, -0.2) is 4.79 Å². The molecule has 2 unspecified atom stereocenters. The number of carboxylic acid groups (broad SMARTS) is 1. The first-order chi connectivity index (χ1) is 11.1. The van der Waals surface area contributed by atoms with Gasteiger partial charge in [-0.2, -0.15) is 0 Å². The predicted molar refractivity (Wildman–Crippen MR) is 92.1 cm³/mol. The molecule has 2 aliphatic rings. The molecule has 1 N–H and O–H groups in total. The number of carboxylic acids is 1. The summed E-state index contributed by atoms with van der Waals surface area (Å²) in [4.78, 5) is 17.4. The standard InChI is InChI=1S/C19H18N2O2/c1-21-13-11-14(17-4-2-3-5-18(17)21)10-12-20-16-8-6-15(7-9-16)19(22)23/h2-13,17-18H,1H3,(H,22,23)/b14-10+,20-12?. The average molecular weight is 306 g/mol. The number of allylic oxidation sites excluding steroid dienone is 4. The largest absolute Gasteiger partial charge is 0.478 e. The van der Waals surface area contributed by atoms with E-state index in [9.17, 15) is 4.79 Å². The van der Waals surface area contributed by atoms with E-state index in [2.05, 4.69) is 53.5 Å². The second kappa shape index (κ2) is 6.48. The number of rotatable bonds is 3. The van der Waals surface area contributed by atoms with Crippen molar-refractivity contribution in [2.75, 3.05) is 7.05 Å². The van der Waals surface area contributed by atoms with Gasteiger partial charge in [0.25, 0.3) is 0 Å². The number of carbonyl (C=O) groups is 1. The van der Waals surface area contributed by atoms with Gasteiger partial charge in [0, 0.05) is 19.2 Å². The lowest BCUT2D eigenvalue weighted by molar-refractivity contribution is 0.0697. The van der Waals surface area contributed by atoms with Crippen molar-refractivity contribution in [3.8, 4) is 0 Å². The van der Waals surface area contributed by atoms with Crippen molar-refractivity contribution in [2.24, 2.45) is 10.9 Å². The molecule has 0 saturated carbocycles. The summed E-state index contributed by atoms with van der Waals surface area (Å²) in [7, 11) is 2.08. The minimum Gasteiger partial charge on any atom is -0.478 e. The summed E-state index contributed by atoms with van der Waals surface area (Å²) in [5, 5.41) is 8.88. The zero-order chi connectivity index (χ0) is 16.2. The highest BCUT2D eigenvalue weighted by Gasteiger charge is 2.26. The van der Waals surface area contributed by atoms with Crippen LogP contribution in [0.2, 0.25) is 0 Å². The molecule has 0 radical (unpaired) electrons. The molecule has 0 aromatic heterocycles. The van der Waals surface area contributed by atoms with E-state index in [1.54, 1.807) is 30.5 Å². The molecule has 1 aromatic carbocycles. The Labute approximate surface area is 135 Å². The molecule has 4 nitrogen and oxygen atoms in total. The van der Waals surface area contributed by atoms with Crippen molar-refractivity contribution in [1.82, 2.24) is 4.90 Å². The van der Waals surface area contributed by atoms with Gasteiger partial charge in [-0.1, -0.05) is 24.3 Å². The highest BCUT2D eigenvalue weighted by atomic mass is 16.4. The lowest BCUT2D eigenvalue weighted by Gasteiger charge is -2.36. The lowest BCUT2D eigenvalue weighted by Crippen LogP contribution is -2.36. The highest BCUT2D eigenvalue weighted by molar-refractivity contribution is 5.88. The van der Waals surface area contributed by atoms with Crippen LogP contribution in [0.1, 0.15) is 10.4 Å². The van der Waals surface area contributed by atoms with Crippen LogP contribution >= 0.6 is 0 Å². The van der Waals surface area contributed by atoms with Crippen LogP contribution in [0.25, 0.3) is 0 Å². The van der Waals surface area contributed by atoms with Gasteiger partial charge in [0.15, 0.2) is 0 Å². The van der Waals surface area contributed by atoms with Crippen LogP contribution in [0.15, 0.2) is 77.5 Å². The zero-order valence-electron chi connectivity index (χ0n) is 12.8. The van der Waals surface area contributed by atoms with Gasteiger partial charge in [-0.15, -0.1) is 0 Å². The number of likely N-dealkylation sites (N-methyl/N-ethyl adjacent to an activating group) is 1. The van der Waals surface area contributed by atoms with E-state index in [1.807, 2.05) is 6.08 Å². The molecular formula is C19H18N2O2. The summed E-state index contributed by atoms with van der Waals surface area (Å²) in [5.41, 5.74) is 2.21. The first-order valence-electron chi connectivity index (χ1n) is 7.48. The van der Waals surface area contributed by atoms with E-state index in [0.717, 1.165) is 5.69 Å². The normalized spacial score (nSPS) is 24.4. The molecule has 0 fully saturated rings.